The molecule has 0 aromatic carbocycles. The van der Waals surface area contributed by atoms with Crippen LogP contribution in [0, 0.1) is 0 Å². The second-order valence-electron chi connectivity index (χ2n) is 10.6. The summed E-state index contributed by atoms with van der Waals surface area (Å²) in [5.41, 5.74) is 0. The van der Waals surface area contributed by atoms with Crippen molar-refractivity contribution in [3.05, 3.63) is 0 Å². The molecule has 11 nitrogen and oxygen atoms in total. The monoisotopic (exact) mass is 620 g/mol. The van der Waals surface area contributed by atoms with Crippen LogP contribution in [0.1, 0.15) is 113 Å². The minimum Gasteiger partial charge on any atom is -0.463 e. The van der Waals surface area contributed by atoms with Gasteiger partial charge in [-0.2, -0.15) is 0 Å². The first-order chi connectivity index (χ1) is 19.7. The van der Waals surface area contributed by atoms with Gasteiger partial charge in [0.1, 0.15) is 12.7 Å². The first kappa shape index (κ1) is 39.8. The van der Waals surface area contributed by atoms with E-state index >= 15 is 0 Å². The molecule has 0 N–H and O–H groups in total. The molecule has 4 atom stereocenters. The number of carbonyl (C=O) groups excluding carboxylic acids is 5. The lowest BCUT2D eigenvalue weighted by Crippen LogP contribution is -2.56. The normalized spacial score (nSPS) is 14.3. The maximum Gasteiger partial charge on any atom is 0.303 e. The van der Waals surface area contributed by atoms with Gasteiger partial charge in [0, 0.05) is 40.6 Å². The van der Waals surface area contributed by atoms with Gasteiger partial charge in [-0.15, -0.1) is 0 Å². The Morgan fingerprint density at radius 3 is 1.60 bits per heavy atom. The third kappa shape index (κ3) is 19.1. The maximum absolute atomic E-state index is 13.4. The first-order valence-electron chi connectivity index (χ1n) is 14.8. The quantitative estimate of drug-likeness (QED) is 0.0634. The molecule has 0 aromatic heterocycles. The van der Waals surface area contributed by atoms with Crippen molar-refractivity contribution in [2.24, 2.45) is 0 Å². The first-order valence-corrected chi connectivity index (χ1v) is 15.8. The van der Waals surface area contributed by atoms with E-state index in [-0.39, 0.29) is 0 Å². The van der Waals surface area contributed by atoms with Crippen LogP contribution in [0.5, 0.6) is 0 Å². The van der Waals surface area contributed by atoms with Crippen molar-refractivity contribution in [2.75, 3.05) is 19.5 Å². The van der Waals surface area contributed by atoms with Gasteiger partial charge < -0.3 is 28.4 Å². The summed E-state index contributed by atoms with van der Waals surface area (Å²) in [6.45, 7) is 9.40. The van der Waals surface area contributed by atoms with E-state index in [0.717, 1.165) is 58.2 Å². The molecule has 0 amide bonds. The Kier molecular flexibility index (Phi) is 21.2. The van der Waals surface area contributed by atoms with Crippen LogP contribution in [-0.4, -0.2) is 78.7 Å². The second-order valence-corrected chi connectivity index (χ2v) is 11.7. The highest BCUT2D eigenvalue weighted by Crippen LogP contribution is 2.26. The van der Waals surface area contributed by atoms with Crippen LogP contribution in [0.4, 0.5) is 0 Å². The highest BCUT2D eigenvalue weighted by atomic mass is 32.2. The Morgan fingerprint density at radius 1 is 0.667 bits per heavy atom. The second kappa shape index (κ2) is 22.4. The fraction of sp³-hybridized carbons (Fsp3) is 0.833. The zero-order valence-electron chi connectivity index (χ0n) is 26.7. The average Bonchev–Trinajstić information content (AvgIpc) is 2.89. The molecule has 0 aromatic rings. The smallest absolute Gasteiger partial charge is 0.303 e. The van der Waals surface area contributed by atoms with Gasteiger partial charge in [0.05, 0.1) is 0 Å². The molecular weight excluding hydrogens is 568 g/mol. The van der Waals surface area contributed by atoms with Crippen molar-refractivity contribution in [2.45, 2.75) is 143 Å². The van der Waals surface area contributed by atoms with Gasteiger partial charge in [0.2, 0.25) is 11.2 Å². The van der Waals surface area contributed by atoms with Crippen LogP contribution in [-0.2, 0) is 52.4 Å². The summed E-state index contributed by atoms with van der Waals surface area (Å²) in [6.07, 6.45) is 5.41. The lowest BCUT2D eigenvalue weighted by Gasteiger charge is -2.38. The Hall–Kier alpha value is -2.18. The molecule has 244 valence electrons. The number of unbranched alkanes of at least 4 members (excludes halogenated alkanes) is 9. The van der Waals surface area contributed by atoms with Crippen LogP contribution in [0.2, 0.25) is 0 Å². The third-order valence-corrected chi connectivity index (χ3v) is 7.25. The summed E-state index contributed by atoms with van der Waals surface area (Å²) < 4.78 is 32.7. The highest BCUT2D eigenvalue weighted by molar-refractivity contribution is 8.13. The molecule has 0 spiro atoms. The number of hydrogen-bond donors (Lipinski definition) is 0. The van der Waals surface area contributed by atoms with Crippen LogP contribution < -0.4 is 0 Å². The molecule has 0 bridgehead atoms. The molecule has 0 aliphatic carbocycles. The van der Waals surface area contributed by atoms with E-state index in [0.29, 0.717) is 5.75 Å². The lowest BCUT2D eigenvalue weighted by molar-refractivity contribution is -0.263. The molecule has 0 rings (SSSR count). The van der Waals surface area contributed by atoms with Gasteiger partial charge in [0.15, 0.2) is 18.0 Å². The molecule has 0 aliphatic heterocycles. The van der Waals surface area contributed by atoms with Crippen molar-refractivity contribution in [3.8, 4) is 0 Å². The van der Waals surface area contributed by atoms with Gasteiger partial charge >= 0.3 is 23.9 Å². The average molecular weight is 621 g/mol. The molecule has 0 aliphatic rings. The molecule has 0 radical (unpaired) electrons. The van der Waals surface area contributed by atoms with Gasteiger partial charge in [-0.05, 0) is 20.3 Å². The highest BCUT2D eigenvalue weighted by Gasteiger charge is 2.47. The van der Waals surface area contributed by atoms with Gasteiger partial charge in [-0.3, -0.25) is 24.0 Å². The summed E-state index contributed by atoms with van der Waals surface area (Å²) in [5.74, 6) is -3.88. The summed E-state index contributed by atoms with van der Waals surface area (Å²) in [5, 5.41) is -0.582. The van der Waals surface area contributed by atoms with E-state index in [1.165, 1.54) is 52.6 Å². The van der Waals surface area contributed by atoms with Crippen molar-refractivity contribution in [1.82, 2.24) is 0 Å². The van der Waals surface area contributed by atoms with Gasteiger partial charge in [-0.1, -0.05) is 76.5 Å². The van der Waals surface area contributed by atoms with E-state index < -0.39 is 65.8 Å². The van der Waals surface area contributed by atoms with E-state index in [4.69, 9.17) is 28.4 Å². The number of ether oxygens (including phenoxy) is 6. The van der Waals surface area contributed by atoms with Crippen LogP contribution in [0.25, 0.3) is 0 Å². The number of rotatable bonds is 23. The number of thioether (sulfide) groups is 1. The third-order valence-electron chi connectivity index (χ3n) is 6.24. The summed E-state index contributed by atoms with van der Waals surface area (Å²) in [4.78, 5) is 61.4. The molecule has 42 heavy (non-hydrogen) atoms. The summed E-state index contributed by atoms with van der Waals surface area (Å²) in [7, 11) is 1.38. The number of carbonyl (C=O) groups is 5. The van der Waals surface area contributed by atoms with Crippen molar-refractivity contribution < 1.29 is 52.4 Å². The number of hydrogen-bond acceptors (Lipinski definition) is 12. The van der Waals surface area contributed by atoms with Crippen LogP contribution in [0.15, 0.2) is 0 Å². The predicted octanol–water partition coefficient (Wildman–Crippen LogP) is 5.29. The molecule has 0 unspecified atom stereocenters. The van der Waals surface area contributed by atoms with E-state index in [1.807, 2.05) is 0 Å². The predicted molar refractivity (Wildman–Crippen MR) is 159 cm³/mol. The Morgan fingerprint density at radius 2 is 1.14 bits per heavy atom. The number of methoxy groups -OCH3 is 1. The maximum atomic E-state index is 13.4. The van der Waals surface area contributed by atoms with Crippen LogP contribution in [0.3, 0.4) is 0 Å². The van der Waals surface area contributed by atoms with Crippen molar-refractivity contribution in [3.63, 3.8) is 0 Å². The minimum atomic E-state index is -1.63. The zero-order chi connectivity index (χ0) is 32.1. The molecule has 0 saturated carbocycles. The van der Waals surface area contributed by atoms with Gasteiger partial charge in [-0.25, -0.2) is 0 Å². The zero-order valence-corrected chi connectivity index (χ0v) is 27.5. The molecule has 0 fully saturated rings. The number of esters is 4. The molecule has 12 heteroatoms. The lowest BCUT2D eigenvalue weighted by atomic mass is 10.0. The Bertz CT molecular complexity index is 830. The topological polar surface area (TPSA) is 141 Å². The SMILES string of the molecule is CCCCCCCCCCCCSC(=O)[C@H](OC(C)=O)[C@@H](OC(C)=O)[C@H](OC(C)=O)[C@@H](COC(C)=O)OC(C)(C)OC. The van der Waals surface area contributed by atoms with Gasteiger partial charge in [0.25, 0.3) is 0 Å². The summed E-state index contributed by atoms with van der Waals surface area (Å²) >= 11 is 0.944. The fourth-order valence-corrected chi connectivity index (χ4v) is 5.02. The van der Waals surface area contributed by atoms with Crippen LogP contribution >= 0.6 is 11.8 Å². The molecular formula is C30H52O11S. The van der Waals surface area contributed by atoms with E-state index in [9.17, 15) is 24.0 Å². The van der Waals surface area contributed by atoms with E-state index in [2.05, 4.69) is 6.92 Å². The van der Waals surface area contributed by atoms with Crippen molar-refractivity contribution >= 4 is 40.8 Å². The minimum absolute atomic E-state index is 0.440. The molecule has 0 saturated heterocycles. The standard InChI is InChI=1S/C30H52O11S/c1-9-10-11-12-13-14-15-16-17-18-19-42-29(35)28(40-24(5)34)27(39-23(4)33)26(38-22(3)32)25(20-37-21(2)31)41-30(6,7)36-8/h25-28H,9-20H2,1-8H3/t25-,26-,27+,28-/m1/s1. The summed E-state index contributed by atoms with van der Waals surface area (Å²) in [6, 6.07) is 0. The molecule has 0 heterocycles. The fourth-order valence-electron chi connectivity index (χ4n) is 4.12. The largest absolute Gasteiger partial charge is 0.463 e. The Balaban J connectivity index is 5.75. The van der Waals surface area contributed by atoms with Crippen molar-refractivity contribution in [1.29, 1.82) is 0 Å². The van der Waals surface area contributed by atoms with E-state index in [1.54, 1.807) is 13.8 Å². The Labute approximate surface area is 255 Å².